The molecule has 0 bridgehead atoms. The second kappa shape index (κ2) is 4.39. The van der Waals surface area contributed by atoms with Crippen LogP contribution in [0.4, 0.5) is 5.88 Å². The molecule has 0 fully saturated rings. The van der Waals surface area contributed by atoms with Gasteiger partial charge in [0, 0.05) is 6.20 Å². The molecule has 0 amide bonds. The summed E-state index contributed by atoms with van der Waals surface area (Å²) in [5, 5.41) is 10.4. The third-order valence-corrected chi connectivity index (χ3v) is 1.90. The van der Waals surface area contributed by atoms with Crippen LogP contribution in [0.1, 0.15) is 11.5 Å². The van der Waals surface area contributed by atoms with Gasteiger partial charge >= 0.3 is 5.88 Å². The molecule has 2 heterocycles. The van der Waals surface area contributed by atoms with Gasteiger partial charge in [0.1, 0.15) is 10.7 Å². The van der Waals surface area contributed by atoms with E-state index in [2.05, 4.69) is 4.98 Å². The van der Waals surface area contributed by atoms with Gasteiger partial charge in [-0.15, -0.1) is 0 Å². The summed E-state index contributed by atoms with van der Waals surface area (Å²) in [6.07, 6.45) is 5.03. The summed E-state index contributed by atoms with van der Waals surface area (Å²) < 4.78 is 4.95. The number of hydrogen-bond donors (Lipinski definition) is 0. The fraction of sp³-hybridized carbons (Fsp3) is 0. The minimum Gasteiger partial charge on any atom is -0.401 e. The van der Waals surface area contributed by atoms with Crippen molar-refractivity contribution < 1.29 is 9.34 Å². The van der Waals surface area contributed by atoms with E-state index in [0.29, 0.717) is 5.76 Å². The molecule has 0 aliphatic rings. The first-order valence-electron chi connectivity index (χ1n) is 4.59. The highest BCUT2D eigenvalue weighted by Crippen LogP contribution is 2.17. The number of furan rings is 1. The molecule has 0 aliphatic carbocycles. The lowest BCUT2D eigenvalue weighted by Crippen LogP contribution is -1.82. The Morgan fingerprint density at radius 1 is 1.25 bits per heavy atom. The third kappa shape index (κ3) is 2.33. The van der Waals surface area contributed by atoms with Crippen molar-refractivity contribution >= 4 is 18.0 Å². The predicted octanol–water partition coefficient (Wildman–Crippen LogP) is 2.75. The van der Waals surface area contributed by atoms with Crippen LogP contribution in [-0.4, -0.2) is 9.91 Å². The van der Waals surface area contributed by atoms with Crippen LogP contribution >= 0.6 is 0 Å². The van der Waals surface area contributed by atoms with E-state index in [1.165, 1.54) is 12.1 Å². The minimum absolute atomic E-state index is 0.263. The van der Waals surface area contributed by atoms with Crippen LogP contribution < -0.4 is 0 Å². The fourth-order valence-corrected chi connectivity index (χ4v) is 1.17. The van der Waals surface area contributed by atoms with Gasteiger partial charge in [0.25, 0.3) is 0 Å². The average Bonchev–Trinajstić information content (AvgIpc) is 2.76. The van der Waals surface area contributed by atoms with E-state index in [1.807, 2.05) is 18.2 Å². The number of hydrogen-bond acceptors (Lipinski definition) is 4. The Kier molecular flexibility index (Phi) is 2.77. The van der Waals surface area contributed by atoms with Crippen LogP contribution in [0.2, 0.25) is 0 Å². The normalized spacial score (nSPS) is 10.8. The molecule has 0 aliphatic heterocycles. The highest BCUT2D eigenvalue weighted by atomic mass is 16.6. The molecule has 5 heteroatoms. The number of pyridine rings is 1. The quantitative estimate of drug-likeness (QED) is 0.584. The first-order valence-corrected chi connectivity index (χ1v) is 4.59. The van der Waals surface area contributed by atoms with Crippen LogP contribution in [0.25, 0.3) is 12.2 Å². The topological polar surface area (TPSA) is 69.2 Å². The lowest BCUT2D eigenvalue weighted by molar-refractivity contribution is -0.402. The summed E-state index contributed by atoms with van der Waals surface area (Å²) >= 11 is 0. The highest BCUT2D eigenvalue weighted by Gasteiger charge is 2.09. The molecule has 0 unspecified atom stereocenters. The average molecular weight is 216 g/mol. The largest absolute Gasteiger partial charge is 0.433 e. The maximum Gasteiger partial charge on any atom is 0.433 e. The van der Waals surface area contributed by atoms with Crippen molar-refractivity contribution in [2.24, 2.45) is 0 Å². The Bertz CT molecular complexity index is 517. The standard InChI is InChI=1S/C11H8N2O3/c14-13(15)11-7-6-10(16-11)5-4-9-3-1-2-8-12-9/h1-8H/b5-4+. The van der Waals surface area contributed by atoms with E-state index in [9.17, 15) is 10.1 Å². The summed E-state index contributed by atoms with van der Waals surface area (Å²) in [5.74, 6) is 0.165. The molecule has 0 radical (unpaired) electrons. The minimum atomic E-state index is -0.571. The van der Waals surface area contributed by atoms with E-state index in [0.717, 1.165) is 5.69 Å². The van der Waals surface area contributed by atoms with Gasteiger partial charge in [-0.05, 0) is 30.4 Å². The molecule has 80 valence electrons. The van der Waals surface area contributed by atoms with Gasteiger partial charge in [-0.25, -0.2) is 0 Å². The van der Waals surface area contributed by atoms with Gasteiger partial charge in [-0.2, -0.15) is 0 Å². The number of rotatable bonds is 3. The molecular formula is C11H8N2O3. The van der Waals surface area contributed by atoms with E-state index in [1.54, 1.807) is 18.3 Å². The second-order valence-corrected chi connectivity index (χ2v) is 3.02. The van der Waals surface area contributed by atoms with Gasteiger partial charge in [-0.3, -0.25) is 15.1 Å². The summed E-state index contributed by atoms with van der Waals surface area (Å²) in [6, 6.07) is 8.36. The molecule has 16 heavy (non-hydrogen) atoms. The smallest absolute Gasteiger partial charge is 0.401 e. The molecule has 0 spiro atoms. The van der Waals surface area contributed by atoms with Crippen molar-refractivity contribution in [2.75, 3.05) is 0 Å². The maximum atomic E-state index is 10.4. The number of nitro groups is 1. The molecule has 5 nitrogen and oxygen atoms in total. The highest BCUT2D eigenvalue weighted by molar-refractivity contribution is 5.65. The summed E-state index contributed by atoms with van der Waals surface area (Å²) in [5.41, 5.74) is 0.765. The first-order chi connectivity index (χ1) is 7.75. The maximum absolute atomic E-state index is 10.4. The second-order valence-electron chi connectivity index (χ2n) is 3.02. The molecule has 0 saturated heterocycles. The Morgan fingerprint density at radius 2 is 2.12 bits per heavy atom. The Hall–Kier alpha value is -2.43. The van der Waals surface area contributed by atoms with Crippen molar-refractivity contribution in [3.05, 3.63) is 58.1 Å². The number of aromatic nitrogens is 1. The van der Waals surface area contributed by atoms with E-state index < -0.39 is 4.92 Å². The SMILES string of the molecule is O=[N+]([O-])c1ccc(/C=C/c2ccccn2)o1. The van der Waals surface area contributed by atoms with Crippen LogP contribution in [0.15, 0.2) is 40.9 Å². The first kappa shape index (κ1) is 10.1. The fourth-order valence-electron chi connectivity index (χ4n) is 1.17. The van der Waals surface area contributed by atoms with Gasteiger partial charge in [0.2, 0.25) is 0 Å². The summed E-state index contributed by atoms with van der Waals surface area (Å²) in [4.78, 5) is 13.9. The van der Waals surface area contributed by atoms with E-state index in [-0.39, 0.29) is 5.88 Å². The number of nitrogens with zero attached hydrogens (tertiary/aromatic N) is 2. The zero-order valence-corrected chi connectivity index (χ0v) is 8.24. The van der Waals surface area contributed by atoms with Gasteiger partial charge in [0.15, 0.2) is 0 Å². The third-order valence-electron chi connectivity index (χ3n) is 1.90. The van der Waals surface area contributed by atoms with E-state index >= 15 is 0 Å². The van der Waals surface area contributed by atoms with Crippen molar-refractivity contribution in [2.45, 2.75) is 0 Å². The predicted molar refractivity (Wildman–Crippen MR) is 58.5 cm³/mol. The molecule has 2 aromatic heterocycles. The zero-order valence-electron chi connectivity index (χ0n) is 8.24. The molecule has 0 aromatic carbocycles. The summed E-state index contributed by atoms with van der Waals surface area (Å²) in [7, 11) is 0. The molecule has 2 aromatic rings. The molecule has 0 N–H and O–H groups in total. The van der Waals surface area contributed by atoms with Crippen molar-refractivity contribution in [1.82, 2.24) is 4.98 Å². The van der Waals surface area contributed by atoms with Crippen LogP contribution in [0.5, 0.6) is 0 Å². The molecule has 0 atom stereocenters. The van der Waals surface area contributed by atoms with Crippen LogP contribution in [0, 0.1) is 10.1 Å². The van der Waals surface area contributed by atoms with Crippen molar-refractivity contribution in [3.8, 4) is 0 Å². The Balaban J connectivity index is 2.15. The lowest BCUT2D eigenvalue weighted by atomic mass is 10.3. The summed E-state index contributed by atoms with van der Waals surface area (Å²) in [6.45, 7) is 0. The molecule has 0 saturated carbocycles. The van der Waals surface area contributed by atoms with Gasteiger partial charge in [0.05, 0.1) is 11.8 Å². The molecule has 2 rings (SSSR count). The monoisotopic (exact) mass is 216 g/mol. The molecular weight excluding hydrogens is 208 g/mol. The zero-order chi connectivity index (χ0) is 11.4. The van der Waals surface area contributed by atoms with E-state index in [4.69, 9.17) is 4.42 Å². The van der Waals surface area contributed by atoms with Gasteiger partial charge in [-0.1, -0.05) is 6.07 Å². The lowest BCUT2D eigenvalue weighted by Gasteiger charge is -1.88. The van der Waals surface area contributed by atoms with Crippen LogP contribution in [-0.2, 0) is 0 Å². The van der Waals surface area contributed by atoms with Crippen LogP contribution in [0.3, 0.4) is 0 Å². The Morgan fingerprint density at radius 3 is 2.75 bits per heavy atom. The van der Waals surface area contributed by atoms with Crippen molar-refractivity contribution in [1.29, 1.82) is 0 Å². The van der Waals surface area contributed by atoms with Gasteiger partial charge < -0.3 is 4.42 Å². The van der Waals surface area contributed by atoms with Crippen molar-refractivity contribution in [3.63, 3.8) is 0 Å². The Labute approximate surface area is 91.2 Å².